The molecule has 0 bridgehead atoms. The van der Waals surface area contributed by atoms with Gasteiger partial charge in [0.05, 0.1) is 0 Å². The van der Waals surface area contributed by atoms with E-state index in [1.54, 1.807) is 0 Å². The third-order valence-corrected chi connectivity index (χ3v) is 4.00. The fourth-order valence-corrected chi connectivity index (χ4v) is 2.89. The van der Waals surface area contributed by atoms with Gasteiger partial charge in [-0.2, -0.15) is 0 Å². The van der Waals surface area contributed by atoms with Crippen LogP contribution in [0.4, 0.5) is 0 Å². The summed E-state index contributed by atoms with van der Waals surface area (Å²) in [5, 5.41) is 0. The number of hydrogen-bond donors (Lipinski definition) is 1. The van der Waals surface area contributed by atoms with Gasteiger partial charge in [0.15, 0.2) is 0 Å². The second-order valence-corrected chi connectivity index (χ2v) is 5.01. The molecule has 88 valence electrons. The zero-order valence-corrected chi connectivity index (χ0v) is 10.1. The molecule has 2 rings (SSSR count). The van der Waals surface area contributed by atoms with Gasteiger partial charge in [-0.1, -0.05) is 26.2 Å². The second kappa shape index (κ2) is 5.44. The van der Waals surface area contributed by atoms with E-state index in [2.05, 4.69) is 24.0 Å². The number of nitrogens with zero attached hydrogens (tertiary/aromatic N) is 1. The summed E-state index contributed by atoms with van der Waals surface area (Å²) in [4.78, 5) is 4.05. The molecule has 1 aromatic rings. The number of pyridine rings is 1. The predicted octanol–water partition coefficient (Wildman–Crippen LogP) is 3.30. The van der Waals surface area contributed by atoms with E-state index in [0.29, 0.717) is 5.92 Å². The molecule has 16 heavy (non-hydrogen) atoms. The molecule has 2 heteroatoms. The van der Waals surface area contributed by atoms with Crippen LogP contribution < -0.4 is 5.73 Å². The van der Waals surface area contributed by atoms with E-state index in [0.717, 1.165) is 5.92 Å². The SMILES string of the molecule is CCC1CCCC(C(N)c2ccncc2)C1. The largest absolute Gasteiger partial charge is 0.324 e. The van der Waals surface area contributed by atoms with Crippen LogP contribution in [0.15, 0.2) is 24.5 Å². The summed E-state index contributed by atoms with van der Waals surface area (Å²) < 4.78 is 0. The van der Waals surface area contributed by atoms with Crippen LogP contribution in [0.5, 0.6) is 0 Å². The van der Waals surface area contributed by atoms with Crippen molar-refractivity contribution in [2.24, 2.45) is 17.6 Å². The molecule has 0 spiro atoms. The van der Waals surface area contributed by atoms with Crippen molar-refractivity contribution < 1.29 is 0 Å². The molecule has 1 aliphatic rings. The first-order valence-electron chi connectivity index (χ1n) is 6.46. The molecule has 1 aromatic heterocycles. The number of aromatic nitrogens is 1. The monoisotopic (exact) mass is 218 g/mol. The van der Waals surface area contributed by atoms with Gasteiger partial charge in [0.25, 0.3) is 0 Å². The summed E-state index contributed by atoms with van der Waals surface area (Å²) in [6, 6.07) is 4.32. The van der Waals surface area contributed by atoms with Gasteiger partial charge in [-0.05, 0) is 42.4 Å². The Morgan fingerprint density at radius 3 is 2.81 bits per heavy atom. The summed E-state index contributed by atoms with van der Waals surface area (Å²) >= 11 is 0. The maximum absolute atomic E-state index is 6.36. The second-order valence-electron chi connectivity index (χ2n) is 5.01. The van der Waals surface area contributed by atoms with Gasteiger partial charge in [0, 0.05) is 18.4 Å². The van der Waals surface area contributed by atoms with Gasteiger partial charge >= 0.3 is 0 Å². The summed E-state index contributed by atoms with van der Waals surface area (Å²) in [6.45, 7) is 2.30. The molecule has 3 unspecified atom stereocenters. The molecule has 0 aliphatic heterocycles. The van der Waals surface area contributed by atoms with Crippen LogP contribution in [0.1, 0.15) is 50.6 Å². The highest BCUT2D eigenvalue weighted by Gasteiger charge is 2.26. The molecule has 1 fully saturated rings. The van der Waals surface area contributed by atoms with E-state index in [4.69, 9.17) is 5.73 Å². The van der Waals surface area contributed by atoms with E-state index < -0.39 is 0 Å². The van der Waals surface area contributed by atoms with Gasteiger partial charge in [-0.15, -0.1) is 0 Å². The van der Waals surface area contributed by atoms with Crippen molar-refractivity contribution in [3.63, 3.8) is 0 Å². The molecule has 0 amide bonds. The van der Waals surface area contributed by atoms with Crippen LogP contribution in [-0.2, 0) is 0 Å². The van der Waals surface area contributed by atoms with Crippen molar-refractivity contribution in [2.45, 2.75) is 45.1 Å². The molecule has 0 radical (unpaired) electrons. The van der Waals surface area contributed by atoms with Crippen LogP contribution >= 0.6 is 0 Å². The van der Waals surface area contributed by atoms with Gasteiger partial charge in [0.2, 0.25) is 0 Å². The standard InChI is InChI=1S/C14H22N2/c1-2-11-4-3-5-13(10-11)14(15)12-6-8-16-9-7-12/h6-9,11,13-14H,2-5,10,15H2,1H3. The fraction of sp³-hybridized carbons (Fsp3) is 0.643. The molecule has 1 heterocycles. The van der Waals surface area contributed by atoms with Crippen molar-refractivity contribution in [1.29, 1.82) is 0 Å². The minimum atomic E-state index is 0.206. The average Bonchev–Trinajstić information content (AvgIpc) is 2.39. The predicted molar refractivity (Wildman–Crippen MR) is 66.9 cm³/mol. The van der Waals surface area contributed by atoms with Crippen molar-refractivity contribution >= 4 is 0 Å². The lowest BCUT2D eigenvalue weighted by Crippen LogP contribution is -2.26. The zero-order chi connectivity index (χ0) is 11.4. The molecular formula is C14H22N2. The lowest BCUT2D eigenvalue weighted by atomic mass is 9.75. The van der Waals surface area contributed by atoms with Crippen LogP contribution in [0.3, 0.4) is 0 Å². The maximum atomic E-state index is 6.36. The molecule has 1 aliphatic carbocycles. The highest BCUT2D eigenvalue weighted by Crippen LogP contribution is 2.37. The Labute approximate surface area is 98.3 Å². The lowest BCUT2D eigenvalue weighted by Gasteiger charge is -2.32. The highest BCUT2D eigenvalue weighted by molar-refractivity contribution is 5.15. The van der Waals surface area contributed by atoms with E-state index in [9.17, 15) is 0 Å². The first-order valence-corrected chi connectivity index (χ1v) is 6.46. The molecular weight excluding hydrogens is 196 g/mol. The third kappa shape index (κ3) is 2.62. The molecule has 1 saturated carbocycles. The Kier molecular flexibility index (Phi) is 3.94. The average molecular weight is 218 g/mol. The van der Waals surface area contributed by atoms with Crippen molar-refractivity contribution in [2.75, 3.05) is 0 Å². The summed E-state index contributed by atoms with van der Waals surface area (Å²) in [5.74, 6) is 1.56. The minimum absolute atomic E-state index is 0.206. The zero-order valence-electron chi connectivity index (χ0n) is 10.1. The first kappa shape index (κ1) is 11.6. The molecule has 3 atom stereocenters. The number of hydrogen-bond acceptors (Lipinski definition) is 2. The smallest absolute Gasteiger partial charge is 0.0324 e. The van der Waals surface area contributed by atoms with E-state index >= 15 is 0 Å². The Morgan fingerprint density at radius 1 is 1.38 bits per heavy atom. The van der Waals surface area contributed by atoms with Crippen LogP contribution in [0.2, 0.25) is 0 Å². The third-order valence-electron chi connectivity index (χ3n) is 4.00. The van der Waals surface area contributed by atoms with Gasteiger partial charge in [-0.25, -0.2) is 0 Å². The summed E-state index contributed by atoms with van der Waals surface area (Å²) in [7, 11) is 0. The van der Waals surface area contributed by atoms with Gasteiger partial charge in [0.1, 0.15) is 0 Å². The quantitative estimate of drug-likeness (QED) is 0.845. The van der Waals surface area contributed by atoms with Crippen LogP contribution in [0, 0.1) is 11.8 Å². The van der Waals surface area contributed by atoms with Crippen LogP contribution in [-0.4, -0.2) is 4.98 Å². The van der Waals surface area contributed by atoms with Gasteiger partial charge in [-0.3, -0.25) is 4.98 Å². The Morgan fingerprint density at radius 2 is 2.12 bits per heavy atom. The van der Waals surface area contributed by atoms with Crippen molar-refractivity contribution in [3.8, 4) is 0 Å². The molecule has 2 N–H and O–H groups in total. The van der Waals surface area contributed by atoms with Crippen LogP contribution in [0.25, 0.3) is 0 Å². The Hall–Kier alpha value is -0.890. The Bertz CT molecular complexity index is 310. The maximum Gasteiger partial charge on any atom is 0.0324 e. The Balaban J connectivity index is 2.01. The van der Waals surface area contributed by atoms with E-state index in [-0.39, 0.29) is 6.04 Å². The van der Waals surface area contributed by atoms with E-state index in [1.807, 2.05) is 12.4 Å². The molecule has 2 nitrogen and oxygen atoms in total. The van der Waals surface area contributed by atoms with E-state index in [1.165, 1.54) is 37.7 Å². The normalized spacial score (nSPS) is 27.6. The molecule has 0 saturated heterocycles. The number of nitrogens with two attached hydrogens (primary N) is 1. The summed E-state index contributed by atoms with van der Waals surface area (Å²) in [6.07, 6.45) is 10.3. The fourth-order valence-electron chi connectivity index (χ4n) is 2.89. The molecule has 0 aromatic carbocycles. The highest BCUT2D eigenvalue weighted by atomic mass is 14.7. The first-order chi connectivity index (χ1) is 7.81. The van der Waals surface area contributed by atoms with Crippen molar-refractivity contribution in [3.05, 3.63) is 30.1 Å². The van der Waals surface area contributed by atoms with Crippen molar-refractivity contribution in [1.82, 2.24) is 4.98 Å². The summed E-state index contributed by atoms with van der Waals surface area (Å²) in [5.41, 5.74) is 7.61. The number of rotatable bonds is 3. The minimum Gasteiger partial charge on any atom is -0.324 e. The lowest BCUT2D eigenvalue weighted by molar-refractivity contribution is 0.230. The van der Waals surface area contributed by atoms with Gasteiger partial charge < -0.3 is 5.73 Å². The topological polar surface area (TPSA) is 38.9 Å².